The Kier molecular flexibility index (Phi) is 5.79. The molecule has 0 atom stereocenters. The number of nitrogens with one attached hydrogen (secondary N) is 2. The van der Waals surface area contributed by atoms with E-state index in [0.717, 1.165) is 33.2 Å². The van der Waals surface area contributed by atoms with Crippen LogP contribution >= 0.6 is 11.6 Å². The first-order valence-electron chi connectivity index (χ1n) is 9.74. The van der Waals surface area contributed by atoms with Crippen LogP contribution in [0.2, 0.25) is 5.02 Å². The molecule has 0 unspecified atom stereocenters. The van der Waals surface area contributed by atoms with Gasteiger partial charge >= 0.3 is 0 Å². The molecular weight excluding hydrogens is 400 g/mol. The molecule has 30 heavy (non-hydrogen) atoms. The molecule has 1 amide bonds. The predicted octanol–water partition coefficient (Wildman–Crippen LogP) is 4.30. The number of carbonyl (C=O) groups excluding carboxylic acids is 1. The number of rotatable bonds is 6. The van der Waals surface area contributed by atoms with E-state index in [0.29, 0.717) is 18.7 Å². The first-order valence-corrected chi connectivity index (χ1v) is 10.1. The lowest BCUT2D eigenvalue weighted by Gasteiger charge is -2.25. The molecule has 6 nitrogen and oxygen atoms in total. The maximum absolute atomic E-state index is 12.9. The number of hydrogen-bond donors (Lipinski definition) is 2. The molecular formula is C23H23ClN4O2. The van der Waals surface area contributed by atoms with E-state index in [4.69, 9.17) is 16.4 Å². The van der Waals surface area contributed by atoms with Crippen LogP contribution in [-0.4, -0.2) is 23.0 Å². The summed E-state index contributed by atoms with van der Waals surface area (Å²) in [4.78, 5) is 20.0. The van der Waals surface area contributed by atoms with Crippen LogP contribution in [-0.2, 0) is 16.2 Å². The Morgan fingerprint density at radius 1 is 1.07 bits per heavy atom. The van der Waals surface area contributed by atoms with Gasteiger partial charge in [-0.05, 0) is 35.2 Å². The Morgan fingerprint density at radius 2 is 1.73 bits per heavy atom. The second kappa shape index (κ2) is 8.65. The highest BCUT2D eigenvalue weighted by Gasteiger charge is 2.31. The van der Waals surface area contributed by atoms with Gasteiger partial charge in [-0.2, -0.15) is 0 Å². The van der Waals surface area contributed by atoms with E-state index in [1.54, 1.807) is 24.6 Å². The molecule has 0 aliphatic carbocycles. The Balaban J connectivity index is 1.43. The molecule has 0 spiro atoms. The number of halogens is 1. The zero-order valence-corrected chi connectivity index (χ0v) is 17.6. The van der Waals surface area contributed by atoms with Crippen molar-refractivity contribution in [3.05, 3.63) is 94.9 Å². The van der Waals surface area contributed by atoms with Gasteiger partial charge in [-0.25, -0.2) is 5.06 Å². The Morgan fingerprint density at radius 3 is 2.37 bits per heavy atom. The molecule has 0 radical (unpaired) electrons. The highest BCUT2D eigenvalue weighted by Crippen LogP contribution is 2.28. The van der Waals surface area contributed by atoms with E-state index in [1.165, 1.54) is 0 Å². The lowest BCUT2D eigenvalue weighted by atomic mass is 10.0. The number of allylic oxidation sites excluding steroid dienone is 1. The van der Waals surface area contributed by atoms with Crippen LogP contribution in [0.3, 0.4) is 0 Å². The van der Waals surface area contributed by atoms with Crippen LogP contribution in [0.5, 0.6) is 0 Å². The van der Waals surface area contributed by atoms with Crippen molar-refractivity contribution in [1.29, 1.82) is 0 Å². The normalized spacial score (nSPS) is 15.1. The SMILES string of the molecule is CCC1=C(C(=O)NCc2ccc(-c3ccc(Cl)cc3)cc2)N2C=CN(OC)C=C2N1. The monoisotopic (exact) mass is 422 g/mol. The van der Waals surface area contributed by atoms with E-state index < -0.39 is 0 Å². The molecule has 2 aliphatic heterocycles. The van der Waals surface area contributed by atoms with Crippen LogP contribution in [0.4, 0.5) is 0 Å². The third kappa shape index (κ3) is 4.06. The topological polar surface area (TPSA) is 56.8 Å². The Labute approximate surface area is 181 Å². The maximum atomic E-state index is 12.9. The standard InChI is InChI=1S/C23H23ClN4O2/c1-3-20-22(28-13-12-27(30-2)15-21(28)26-20)23(29)25-14-16-4-6-17(7-5-16)18-8-10-19(24)11-9-18/h4-13,15,26H,3,14H2,1-2H3,(H,25,29). The van der Waals surface area contributed by atoms with Crippen molar-refractivity contribution in [2.24, 2.45) is 0 Å². The van der Waals surface area contributed by atoms with Crippen LogP contribution in [0, 0.1) is 0 Å². The van der Waals surface area contributed by atoms with Crippen molar-refractivity contribution in [3.8, 4) is 11.1 Å². The summed E-state index contributed by atoms with van der Waals surface area (Å²) in [5, 5.41) is 8.62. The van der Waals surface area contributed by atoms with Crippen LogP contribution in [0.1, 0.15) is 18.9 Å². The molecule has 0 bridgehead atoms. The summed E-state index contributed by atoms with van der Waals surface area (Å²) in [7, 11) is 1.59. The molecule has 2 aliphatic rings. The van der Waals surface area contributed by atoms with E-state index in [-0.39, 0.29) is 5.91 Å². The molecule has 2 aromatic carbocycles. The number of nitrogens with zero attached hydrogens (tertiary/aromatic N) is 2. The van der Waals surface area contributed by atoms with Crippen LogP contribution in [0.15, 0.2) is 84.3 Å². The molecule has 2 aromatic rings. The molecule has 0 aromatic heterocycles. The van der Waals surface area contributed by atoms with Crippen molar-refractivity contribution < 1.29 is 9.63 Å². The number of benzene rings is 2. The highest BCUT2D eigenvalue weighted by molar-refractivity contribution is 6.30. The van der Waals surface area contributed by atoms with Crippen molar-refractivity contribution in [3.63, 3.8) is 0 Å². The number of hydrogen-bond acceptors (Lipinski definition) is 5. The smallest absolute Gasteiger partial charge is 0.270 e. The van der Waals surface area contributed by atoms with Gasteiger partial charge in [-0.3, -0.25) is 14.5 Å². The molecule has 0 fully saturated rings. The fraction of sp³-hybridized carbons (Fsp3) is 0.174. The summed E-state index contributed by atoms with van der Waals surface area (Å²) in [6.45, 7) is 2.46. The number of fused-ring (bicyclic) bond motifs is 1. The van der Waals surface area contributed by atoms with Gasteiger partial charge in [-0.1, -0.05) is 54.9 Å². The van der Waals surface area contributed by atoms with E-state index >= 15 is 0 Å². The molecule has 0 saturated heterocycles. The van der Waals surface area contributed by atoms with E-state index in [9.17, 15) is 4.79 Å². The van der Waals surface area contributed by atoms with Crippen molar-refractivity contribution in [1.82, 2.24) is 20.6 Å². The fourth-order valence-corrected chi connectivity index (χ4v) is 3.55. The lowest BCUT2D eigenvalue weighted by molar-refractivity contribution is -0.118. The summed E-state index contributed by atoms with van der Waals surface area (Å²) in [5.74, 6) is 0.661. The number of carbonyl (C=O) groups is 1. The minimum atomic E-state index is -0.125. The third-order valence-electron chi connectivity index (χ3n) is 5.04. The average Bonchev–Trinajstić information content (AvgIpc) is 3.16. The van der Waals surface area contributed by atoms with Gasteiger partial charge in [-0.15, -0.1) is 0 Å². The summed E-state index contributed by atoms with van der Waals surface area (Å²) >= 11 is 5.96. The lowest BCUT2D eigenvalue weighted by Crippen LogP contribution is -2.32. The molecule has 4 rings (SSSR count). The maximum Gasteiger partial charge on any atom is 0.270 e. The van der Waals surface area contributed by atoms with Crippen molar-refractivity contribution in [2.45, 2.75) is 19.9 Å². The zero-order valence-electron chi connectivity index (χ0n) is 16.9. The minimum absolute atomic E-state index is 0.125. The van der Waals surface area contributed by atoms with Crippen LogP contribution < -0.4 is 10.6 Å². The zero-order chi connectivity index (χ0) is 21.1. The fourth-order valence-electron chi connectivity index (χ4n) is 3.42. The second-order valence-electron chi connectivity index (χ2n) is 6.92. The number of amides is 1. The molecule has 7 heteroatoms. The van der Waals surface area contributed by atoms with Crippen LogP contribution in [0.25, 0.3) is 11.1 Å². The molecule has 2 N–H and O–H groups in total. The Hall–Kier alpha value is -3.22. The summed E-state index contributed by atoms with van der Waals surface area (Å²) in [5.41, 5.74) is 4.72. The average molecular weight is 423 g/mol. The van der Waals surface area contributed by atoms with Crippen molar-refractivity contribution in [2.75, 3.05) is 7.11 Å². The highest BCUT2D eigenvalue weighted by atomic mass is 35.5. The first-order chi connectivity index (χ1) is 14.6. The Bertz CT molecular complexity index is 1030. The van der Waals surface area contributed by atoms with Crippen molar-refractivity contribution >= 4 is 17.5 Å². The van der Waals surface area contributed by atoms with Gasteiger partial charge < -0.3 is 10.6 Å². The van der Waals surface area contributed by atoms with Gasteiger partial charge in [0.15, 0.2) is 0 Å². The second-order valence-corrected chi connectivity index (χ2v) is 7.35. The largest absolute Gasteiger partial charge is 0.347 e. The predicted molar refractivity (Wildman–Crippen MR) is 117 cm³/mol. The number of hydroxylamine groups is 2. The quantitative estimate of drug-likeness (QED) is 0.727. The molecule has 2 heterocycles. The molecule has 154 valence electrons. The summed E-state index contributed by atoms with van der Waals surface area (Å²) < 4.78 is 0. The van der Waals surface area contributed by atoms with Gasteiger partial charge in [0.05, 0.1) is 13.3 Å². The van der Waals surface area contributed by atoms with Gasteiger partial charge in [0.1, 0.15) is 11.5 Å². The van der Waals surface area contributed by atoms with E-state index in [2.05, 4.69) is 10.6 Å². The first kappa shape index (κ1) is 20.1. The molecule has 0 saturated carbocycles. The minimum Gasteiger partial charge on any atom is -0.347 e. The van der Waals surface area contributed by atoms with Gasteiger partial charge in [0, 0.05) is 29.7 Å². The third-order valence-corrected chi connectivity index (χ3v) is 5.29. The van der Waals surface area contributed by atoms with E-state index in [1.807, 2.05) is 66.6 Å². The summed E-state index contributed by atoms with van der Waals surface area (Å²) in [6, 6.07) is 15.9. The van der Waals surface area contributed by atoms with Gasteiger partial charge in [0.2, 0.25) is 0 Å². The summed E-state index contributed by atoms with van der Waals surface area (Å²) in [6.07, 6.45) is 6.08. The van der Waals surface area contributed by atoms with Gasteiger partial charge in [0.25, 0.3) is 5.91 Å².